The highest BCUT2D eigenvalue weighted by molar-refractivity contribution is 7.98. The molecule has 0 unspecified atom stereocenters. The number of benzene rings is 1. The van der Waals surface area contributed by atoms with Crippen LogP contribution >= 0.6 is 23.1 Å². The van der Waals surface area contributed by atoms with Gasteiger partial charge in [-0.1, -0.05) is 12.1 Å². The number of anilines is 1. The van der Waals surface area contributed by atoms with Gasteiger partial charge in [0.15, 0.2) is 0 Å². The smallest absolute Gasteiger partial charge is 0.409 e. The molecule has 2 aromatic rings. The molecule has 9 heteroatoms. The van der Waals surface area contributed by atoms with E-state index in [2.05, 4.69) is 5.32 Å². The van der Waals surface area contributed by atoms with Crippen molar-refractivity contribution in [2.75, 3.05) is 25.2 Å². The highest BCUT2D eigenvalue weighted by Crippen LogP contribution is 2.37. The Kier molecular flexibility index (Phi) is 5.71. The van der Waals surface area contributed by atoms with Crippen LogP contribution in [0, 0.1) is 0 Å². The van der Waals surface area contributed by atoms with Gasteiger partial charge in [0.2, 0.25) is 0 Å². The highest BCUT2D eigenvalue weighted by Gasteiger charge is 2.30. The van der Waals surface area contributed by atoms with Gasteiger partial charge in [0.25, 0.3) is 11.8 Å². The van der Waals surface area contributed by atoms with E-state index in [1.165, 1.54) is 30.2 Å². The van der Waals surface area contributed by atoms with E-state index in [1.807, 2.05) is 18.4 Å². The third kappa shape index (κ3) is 3.79. The summed E-state index contributed by atoms with van der Waals surface area (Å²) in [6, 6.07) is 7.25. The number of thiophene rings is 1. The number of rotatable bonds is 4. The molecule has 27 heavy (non-hydrogen) atoms. The summed E-state index contributed by atoms with van der Waals surface area (Å²) in [7, 11) is 1.33. The van der Waals surface area contributed by atoms with Crippen molar-refractivity contribution in [1.82, 2.24) is 4.90 Å². The molecule has 3 rings (SSSR count). The fourth-order valence-corrected chi connectivity index (χ4v) is 4.90. The van der Waals surface area contributed by atoms with Crippen LogP contribution in [0.15, 0.2) is 29.2 Å². The normalized spacial score (nSPS) is 13.0. The van der Waals surface area contributed by atoms with Gasteiger partial charge in [-0.2, -0.15) is 0 Å². The number of hydrogen-bond acceptors (Lipinski definition) is 6. The van der Waals surface area contributed by atoms with Crippen LogP contribution in [0.25, 0.3) is 0 Å². The van der Waals surface area contributed by atoms with Crippen molar-refractivity contribution in [3.05, 3.63) is 45.8 Å². The Morgan fingerprint density at radius 2 is 2.04 bits per heavy atom. The molecule has 0 saturated carbocycles. The average molecular weight is 406 g/mol. The minimum absolute atomic E-state index is 0.300. The van der Waals surface area contributed by atoms with Gasteiger partial charge in [-0.3, -0.25) is 9.59 Å². The maximum absolute atomic E-state index is 12.7. The second kappa shape index (κ2) is 8.01. The number of ether oxygens (including phenoxy) is 1. The molecule has 0 aliphatic carbocycles. The summed E-state index contributed by atoms with van der Waals surface area (Å²) in [4.78, 5) is 39.8. The lowest BCUT2D eigenvalue weighted by Gasteiger charge is -2.25. The van der Waals surface area contributed by atoms with E-state index in [9.17, 15) is 14.4 Å². The Morgan fingerprint density at radius 1 is 1.30 bits per heavy atom. The summed E-state index contributed by atoms with van der Waals surface area (Å²) >= 11 is 2.74. The molecule has 3 amide bonds. The van der Waals surface area contributed by atoms with E-state index in [-0.39, 0.29) is 5.91 Å². The molecule has 0 bridgehead atoms. The number of nitrogens with one attached hydrogen (secondary N) is 1. The van der Waals surface area contributed by atoms with Crippen LogP contribution in [0.5, 0.6) is 0 Å². The molecule has 0 atom stereocenters. The van der Waals surface area contributed by atoms with Crippen LogP contribution in [-0.2, 0) is 17.7 Å². The Morgan fingerprint density at radius 3 is 2.70 bits per heavy atom. The van der Waals surface area contributed by atoms with Gasteiger partial charge in [-0.05, 0) is 30.4 Å². The molecule has 0 radical (unpaired) electrons. The van der Waals surface area contributed by atoms with E-state index in [1.54, 1.807) is 17.0 Å². The standard InChI is InChI=1S/C18H19N3O4S2/c1-25-18(24)21-8-7-10-13(9-21)27-17(14(10)15(19)22)20-16(23)11-5-3-4-6-12(11)26-2/h3-6H,7-9H2,1-2H3,(H2,19,22)(H,20,23). The van der Waals surface area contributed by atoms with Crippen molar-refractivity contribution < 1.29 is 19.1 Å². The second-order valence-corrected chi connectivity index (χ2v) is 7.82. The fourth-order valence-electron chi connectivity index (χ4n) is 3.04. The van der Waals surface area contributed by atoms with Gasteiger partial charge in [0, 0.05) is 16.3 Å². The largest absolute Gasteiger partial charge is 0.453 e. The van der Waals surface area contributed by atoms with Gasteiger partial charge >= 0.3 is 6.09 Å². The second-order valence-electron chi connectivity index (χ2n) is 5.87. The number of nitrogens with two attached hydrogens (primary N) is 1. The van der Waals surface area contributed by atoms with E-state index in [4.69, 9.17) is 10.5 Å². The number of primary amides is 1. The lowest BCUT2D eigenvalue weighted by molar-refractivity contribution is 0.0999. The van der Waals surface area contributed by atoms with Crippen molar-refractivity contribution >= 4 is 46.0 Å². The maximum atomic E-state index is 12.7. The van der Waals surface area contributed by atoms with Crippen LogP contribution in [-0.4, -0.2) is 42.7 Å². The van der Waals surface area contributed by atoms with Crippen LogP contribution < -0.4 is 11.1 Å². The SMILES string of the molecule is COC(=O)N1CCc2c(sc(NC(=O)c3ccccc3SC)c2C(N)=O)C1. The number of carbonyl (C=O) groups excluding carboxylic acids is 3. The monoisotopic (exact) mass is 405 g/mol. The van der Waals surface area contributed by atoms with E-state index < -0.39 is 12.0 Å². The van der Waals surface area contributed by atoms with E-state index >= 15 is 0 Å². The van der Waals surface area contributed by atoms with Crippen LogP contribution in [0.3, 0.4) is 0 Å². The quantitative estimate of drug-likeness (QED) is 0.762. The van der Waals surface area contributed by atoms with Gasteiger partial charge in [0.1, 0.15) is 5.00 Å². The molecule has 0 spiro atoms. The molecule has 142 valence electrons. The summed E-state index contributed by atoms with van der Waals surface area (Å²) in [5.41, 5.74) is 7.23. The molecule has 1 aromatic carbocycles. The van der Waals surface area contributed by atoms with Crippen molar-refractivity contribution in [2.45, 2.75) is 17.9 Å². The van der Waals surface area contributed by atoms with Crippen molar-refractivity contribution in [3.8, 4) is 0 Å². The van der Waals surface area contributed by atoms with Crippen molar-refractivity contribution in [1.29, 1.82) is 0 Å². The number of hydrogen-bond donors (Lipinski definition) is 2. The number of fused-ring (bicyclic) bond motifs is 1. The number of thioether (sulfide) groups is 1. The van der Waals surface area contributed by atoms with Gasteiger partial charge in [-0.15, -0.1) is 23.1 Å². The van der Waals surface area contributed by atoms with E-state index in [0.29, 0.717) is 35.6 Å². The molecular formula is C18H19N3O4S2. The van der Waals surface area contributed by atoms with Gasteiger partial charge in [0.05, 0.1) is 24.8 Å². The zero-order chi connectivity index (χ0) is 19.6. The molecule has 7 nitrogen and oxygen atoms in total. The van der Waals surface area contributed by atoms with Crippen LogP contribution in [0.4, 0.5) is 9.80 Å². The first-order valence-electron chi connectivity index (χ1n) is 8.17. The molecule has 2 heterocycles. The third-order valence-corrected chi connectivity index (χ3v) is 6.24. The predicted octanol–water partition coefficient (Wildman–Crippen LogP) is 2.95. The summed E-state index contributed by atoms with van der Waals surface area (Å²) in [6.07, 6.45) is 1.96. The minimum Gasteiger partial charge on any atom is -0.453 e. The number of methoxy groups -OCH3 is 1. The molecule has 1 aromatic heterocycles. The first-order chi connectivity index (χ1) is 13.0. The summed E-state index contributed by atoms with van der Waals surface area (Å²) in [6.45, 7) is 0.754. The molecule has 3 N–H and O–H groups in total. The molecule has 0 fully saturated rings. The van der Waals surface area contributed by atoms with Crippen LogP contribution in [0.1, 0.15) is 31.2 Å². The average Bonchev–Trinajstić information content (AvgIpc) is 3.04. The molecule has 1 aliphatic rings. The third-order valence-electron chi connectivity index (χ3n) is 4.31. The predicted molar refractivity (Wildman–Crippen MR) is 106 cm³/mol. The Hall–Kier alpha value is -2.52. The number of nitrogens with zero attached hydrogens (tertiary/aromatic N) is 1. The van der Waals surface area contributed by atoms with Crippen LogP contribution in [0.2, 0.25) is 0 Å². The Balaban J connectivity index is 1.92. The molecule has 1 aliphatic heterocycles. The highest BCUT2D eigenvalue weighted by atomic mass is 32.2. The first-order valence-corrected chi connectivity index (χ1v) is 10.2. The van der Waals surface area contributed by atoms with Crippen molar-refractivity contribution in [3.63, 3.8) is 0 Å². The lowest BCUT2D eigenvalue weighted by Crippen LogP contribution is -2.35. The Bertz CT molecular complexity index is 910. The number of amides is 3. The zero-order valence-electron chi connectivity index (χ0n) is 14.9. The Labute approximate surface area is 164 Å². The lowest BCUT2D eigenvalue weighted by atomic mass is 10.0. The summed E-state index contributed by atoms with van der Waals surface area (Å²) < 4.78 is 4.77. The van der Waals surface area contributed by atoms with Crippen molar-refractivity contribution in [2.24, 2.45) is 5.73 Å². The number of carbonyl (C=O) groups is 3. The minimum atomic E-state index is -0.590. The zero-order valence-corrected chi connectivity index (χ0v) is 16.5. The van der Waals surface area contributed by atoms with E-state index in [0.717, 1.165) is 15.3 Å². The summed E-state index contributed by atoms with van der Waals surface area (Å²) in [5, 5.41) is 3.25. The van der Waals surface area contributed by atoms with Gasteiger partial charge in [-0.25, -0.2) is 4.79 Å². The first kappa shape index (κ1) is 19.2. The topological polar surface area (TPSA) is 102 Å². The maximum Gasteiger partial charge on any atom is 0.409 e. The summed E-state index contributed by atoms with van der Waals surface area (Å²) in [5.74, 6) is -0.890. The van der Waals surface area contributed by atoms with Gasteiger partial charge < -0.3 is 20.7 Å². The fraction of sp³-hybridized carbons (Fsp3) is 0.278. The molecular weight excluding hydrogens is 386 g/mol. The molecule has 0 saturated heterocycles.